The van der Waals surface area contributed by atoms with Crippen LogP contribution in [-0.2, 0) is 9.47 Å². The fourth-order valence-corrected chi connectivity index (χ4v) is 1.48. The van der Waals surface area contributed by atoms with Crippen LogP contribution in [0.3, 0.4) is 0 Å². The highest BCUT2D eigenvalue weighted by Crippen LogP contribution is 2.28. The second kappa shape index (κ2) is 5.46. The summed E-state index contributed by atoms with van der Waals surface area (Å²) < 4.78 is 10.1. The van der Waals surface area contributed by atoms with Crippen LogP contribution >= 0.6 is 0 Å². The Morgan fingerprint density at radius 1 is 1.47 bits per heavy atom. The molecular formula is C11H16O4. The van der Waals surface area contributed by atoms with Gasteiger partial charge in [-0.3, -0.25) is 0 Å². The van der Waals surface area contributed by atoms with E-state index in [1.165, 1.54) is 14.2 Å². The number of aliphatic hydroxyl groups excluding tert-OH is 2. The molecule has 1 aliphatic carbocycles. The van der Waals surface area contributed by atoms with Crippen LogP contribution < -0.4 is 0 Å². The molecule has 0 radical (unpaired) electrons. The summed E-state index contributed by atoms with van der Waals surface area (Å²) in [5, 5.41) is 18.3. The second-order valence-electron chi connectivity index (χ2n) is 3.19. The second-order valence-corrected chi connectivity index (χ2v) is 3.19. The Kier molecular flexibility index (Phi) is 4.24. The molecule has 4 nitrogen and oxygen atoms in total. The molecule has 0 bridgehead atoms. The summed E-state index contributed by atoms with van der Waals surface area (Å²) in [6, 6.07) is 0. The zero-order valence-corrected chi connectivity index (χ0v) is 8.93. The van der Waals surface area contributed by atoms with Crippen LogP contribution in [0, 0.1) is 5.92 Å². The predicted octanol–water partition coefficient (Wildman–Crippen LogP) is 1.50. The normalized spacial score (nSPS) is 21.8. The van der Waals surface area contributed by atoms with Crippen molar-refractivity contribution < 1.29 is 19.7 Å². The van der Waals surface area contributed by atoms with E-state index < -0.39 is 0 Å². The summed E-state index contributed by atoms with van der Waals surface area (Å²) in [6.07, 6.45) is 5.88. The quantitative estimate of drug-likeness (QED) is 0.693. The van der Waals surface area contributed by atoms with Crippen molar-refractivity contribution in [2.45, 2.75) is 6.42 Å². The van der Waals surface area contributed by atoms with E-state index in [-0.39, 0.29) is 18.3 Å². The van der Waals surface area contributed by atoms with E-state index in [0.717, 1.165) is 0 Å². The monoisotopic (exact) mass is 212 g/mol. The van der Waals surface area contributed by atoms with Crippen LogP contribution in [0.5, 0.6) is 0 Å². The molecule has 1 atom stereocenters. The lowest BCUT2D eigenvalue weighted by Crippen LogP contribution is -2.10. The number of aliphatic hydroxyl groups is 2. The Bertz CT molecular complexity index is 302. The van der Waals surface area contributed by atoms with Crippen LogP contribution in [-0.4, -0.2) is 31.0 Å². The van der Waals surface area contributed by atoms with E-state index in [0.29, 0.717) is 17.9 Å². The molecule has 0 saturated heterocycles. The smallest absolute Gasteiger partial charge is 0.196 e. The number of hydrogen-bond acceptors (Lipinski definition) is 4. The molecule has 0 aromatic carbocycles. The molecule has 0 aromatic heterocycles. The molecule has 0 heterocycles. The first-order valence-corrected chi connectivity index (χ1v) is 4.72. The SMILES string of the molecule is COC1=C[C@H](/C=C/CO)CC(OC)=C1O. The Labute approximate surface area is 89.1 Å². The fourth-order valence-electron chi connectivity index (χ4n) is 1.48. The van der Waals surface area contributed by atoms with E-state index >= 15 is 0 Å². The topological polar surface area (TPSA) is 58.9 Å². The third-order valence-electron chi connectivity index (χ3n) is 2.24. The van der Waals surface area contributed by atoms with E-state index in [9.17, 15) is 5.11 Å². The minimum absolute atomic E-state index is 0.00463. The summed E-state index contributed by atoms with van der Waals surface area (Å²) >= 11 is 0. The van der Waals surface area contributed by atoms with Crippen molar-refractivity contribution in [3.05, 3.63) is 35.5 Å². The Morgan fingerprint density at radius 3 is 2.73 bits per heavy atom. The number of ether oxygens (including phenoxy) is 2. The minimum Gasteiger partial charge on any atom is -0.502 e. The van der Waals surface area contributed by atoms with Crippen molar-refractivity contribution in [3.63, 3.8) is 0 Å². The molecule has 1 rings (SSSR count). The molecular weight excluding hydrogens is 196 g/mol. The molecule has 0 spiro atoms. The van der Waals surface area contributed by atoms with Gasteiger partial charge in [-0.05, 0) is 6.08 Å². The van der Waals surface area contributed by atoms with Crippen molar-refractivity contribution in [2.24, 2.45) is 5.92 Å². The first-order valence-electron chi connectivity index (χ1n) is 4.72. The number of hydrogen-bond donors (Lipinski definition) is 2. The van der Waals surface area contributed by atoms with Crippen LogP contribution in [0.1, 0.15) is 6.42 Å². The summed E-state index contributed by atoms with van der Waals surface area (Å²) in [5.41, 5.74) is 0. The summed E-state index contributed by atoms with van der Waals surface area (Å²) in [7, 11) is 3.00. The molecule has 0 fully saturated rings. The first kappa shape index (κ1) is 11.7. The molecule has 1 aliphatic rings. The highest BCUT2D eigenvalue weighted by atomic mass is 16.5. The lowest BCUT2D eigenvalue weighted by molar-refractivity contribution is 0.195. The van der Waals surface area contributed by atoms with Gasteiger partial charge in [0.25, 0.3) is 0 Å². The van der Waals surface area contributed by atoms with Gasteiger partial charge in [-0.1, -0.05) is 12.2 Å². The lowest BCUT2D eigenvalue weighted by Gasteiger charge is -2.20. The summed E-state index contributed by atoms with van der Waals surface area (Å²) in [5.74, 6) is 1.04. The molecule has 0 aromatic rings. The molecule has 0 aliphatic heterocycles. The van der Waals surface area contributed by atoms with Gasteiger partial charge >= 0.3 is 0 Å². The lowest BCUT2D eigenvalue weighted by atomic mass is 9.97. The van der Waals surface area contributed by atoms with Crippen LogP contribution in [0.4, 0.5) is 0 Å². The number of methoxy groups -OCH3 is 2. The molecule has 2 N–H and O–H groups in total. The van der Waals surface area contributed by atoms with Crippen molar-refractivity contribution in [1.29, 1.82) is 0 Å². The highest BCUT2D eigenvalue weighted by molar-refractivity contribution is 5.29. The zero-order chi connectivity index (χ0) is 11.3. The molecule has 84 valence electrons. The van der Waals surface area contributed by atoms with Crippen LogP contribution in [0.25, 0.3) is 0 Å². The summed E-state index contributed by atoms with van der Waals surface area (Å²) in [6.45, 7) is 0.00463. The maximum Gasteiger partial charge on any atom is 0.196 e. The van der Waals surface area contributed by atoms with Gasteiger partial charge in [0.1, 0.15) is 5.76 Å². The average Bonchev–Trinajstić information content (AvgIpc) is 2.27. The molecule has 15 heavy (non-hydrogen) atoms. The van der Waals surface area contributed by atoms with E-state index in [1.54, 1.807) is 12.2 Å². The van der Waals surface area contributed by atoms with Crippen molar-refractivity contribution in [1.82, 2.24) is 0 Å². The first-order chi connectivity index (χ1) is 7.22. The van der Waals surface area contributed by atoms with E-state index in [2.05, 4.69) is 0 Å². The molecule has 0 unspecified atom stereocenters. The number of allylic oxidation sites excluding steroid dienone is 3. The highest BCUT2D eigenvalue weighted by Gasteiger charge is 2.21. The van der Waals surface area contributed by atoms with Crippen molar-refractivity contribution >= 4 is 0 Å². The maximum absolute atomic E-state index is 9.66. The van der Waals surface area contributed by atoms with Gasteiger partial charge < -0.3 is 19.7 Å². The van der Waals surface area contributed by atoms with Gasteiger partial charge in [-0.2, -0.15) is 0 Å². The Hall–Kier alpha value is -1.42. The van der Waals surface area contributed by atoms with Gasteiger partial charge in [0.2, 0.25) is 0 Å². The van der Waals surface area contributed by atoms with Crippen LogP contribution in [0.15, 0.2) is 35.5 Å². The molecule has 4 heteroatoms. The van der Waals surface area contributed by atoms with Gasteiger partial charge in [-0.15, -0.1) is 0 Å². The minimum atomic E-state index is 0.00463. The average molecular weight is 212 g/mol. The third kappa shape index (κ3) is 2.76. The van der Waals surface area contributed by atoms with Crippen LogP contribution in [0.2, 0.25) is 0 Å². The number of rotatable bonds is 4. The van der Waals surface area contributed by atoms with Gasteiger partial charge in [-0.25, -0.2) is 0 Å². The standard InChI is InChI=1S/C11H16O4/c1-14-9-6-8(4-3-5-12)7-10(15-2)11(9)13/h3-4,6,8,12-13H,5,7H2,1-2H3/b4-3+/t8-/m0/s1. The van der Waals surface area contributed by atoms with Crippen molar-refractivity contribution in [3.8, 4) is 0 Å². The summed E-state index contributed by atoms with van der Waals surface area (Å²) in [4.78, 5) is 0. The van der Waals surface area contributed by atoms with Crippen molar-refractivity contribution in [2.75, 3.05) is 20.8 Å². The Balaban J connectivity index is 2.85. The van der Waals surface area contributed by atoms with E-state index in [1.807, 2.05) is 6.08 Å². The fraction of sp³-hybridized carbons (Fsp3) is 0.455. The largest absolute Gasteiger partial charge is 0.502 e. The van der Waals surface area contributed by atoms with Gasteiger partial charge in [0, 0.05) is 12.3 Å². The maximum atomic E-state index is 9.66. The van der Waals surface area contributed by atoms with Gasteiger partial charge in [0.05, 0.1) is 20.8 Å². The Morgan fingerprint density at radius 2 is 2.20 bits per heavy atom. The molecule has 0 amide bonds. The predicted molar refractivity (Wildman–Crippen MR) is 56.1 cm³/mol. The van der Waals surface area contributed by atoms with E-state index in [4.69, 9.17) is 14.6 Å². The molecule has 0 saturated carbocycles. The zero-order valence-electron chi connectivity index (χ0n) is 8.93. The van der Waals surface area contributed by atoms with Gasteiger partial charge in [0.15, 0.2) is 11.5 Å². The third-order valence-corrected chi connectivity index (χ3v) is 2.24.